The van der Waals surface area contributed by atoms with E-state index in [0.29, 0.717) is 6.04 Å². The van der Waals surface area contributed by atoms with E-state index in [1.165, 1.54) is 0 Å². The van der Waals surface area contributed by atoms with E-state index in [-0.39, 0.29) is 0 Å². The van der Waals surface area contributed by atoms with Gasteiger partial charge in [-0.2, -0.15) is 0 Å². The molecule has 1 fully saturated rings. The van der Waals surface area contributed by atoms with Crippen LogP contribution in [0, 0.1) is 0 Å². The van der Waals surface area contributed by atoms with Gasteiger partial charge in [-0.25, -0.2) is 0 Å². The average molecular weight is 251 g/mol. The molecule has 0 aromatic heterocycles. The fraction of sp³-hybridized carbons (Fsp3) is 1.00. The third-order valence-electron chi connectivity index (χ3n) is 2.26. The summed E-state index contributed by atoms with van der Waals surface area (Å²) in [6, 6.07) is 0.570. The first-order valence-corrected chi connectivity index (χ1v) is 6.04. The molecule has 4 heteroatoms. The predicted molar refractivity (Wildman–Crippen MR) is 58.5 cm³/mol. The number of halogens is 1. The van der Waals surface area contributed by atoms with Crippen LogP contribution in [0.3, 0.4) is 0 Å². The predicted octanol–water partition coefficient (Wildman–Crippen LogP) is 0.692. The van der Waals surface area contributed by atoms with Crippen molar-refractivity contribution in [2.75, 3.05) is 44.7 Å². The lowest BCUT2D eigenvalue weighted by atomic mass is 10.3. The molecule has 1 N–H and O–H groups in total. The highest BCUT2D eigenvalue weighted by Crippen LogP contribution is 1.95. The van der Waals surface area contributed by atoms with Crippen molar-refractivity contribution in [1.29, 1.82) is 0 Å². The Morgan fingerprint density at radius 3 is 2.77 bits per heavy atom. The summed E-state index contributed by atoms with van der Waals surface area (Å²) in [4.78, 5) is 2.44. The normalized spacial score (nSPS) is 21.7. The lowest BCUT2D eigenvalue weighted by molar-refractivity contribution is 0.0382. The van der Waals surface area contributed by atoms with Gasteiger partial charge in [0.2, 0.25) is 0 Å². The average Bonchev–Trinajstić information content (AvgIpc) is 2.19. The van der Waals surface area contributed by atoms with Crippen LogP contribution >= 0.6 is 15.9 Å². The molecule has 1 unspecified atom stereocenters. The monoisotopic (exact) mass is 250 g/mol. The van der Waals surface area contributed by atoms with Crippen molar-refractivity contribution in [3.63, 3.8) is 0 Å². The van der Waals surface area contributed by atoms with E-state index in [1.54, 1.807) is 0 Å². The van der Waals surface area contributed by atoms with Crippen molar-refractivity contribution < 1.29 is 4.74 Å². The molecule has 0 amide bonds. The topological polar surface area (TPSA) is 24.5 Å². The van der Waals surface area contributed by atoms with Gasteiger partial charge in [0.25, 0.3) is 0 Å². The summed E-state index contributed by atoms with van der Waals surface area (Å²) in [6.45, 7) is 8.37. The quantitative estimate of drug-likeness (QED) is 0.728. The van der Waals surface area contributed by atoms with Crippen LogP contribution in [-0.4, -0.2) is 55.7 Å². The maximum atomic E-state index is 5.28. The first kappa shape index (κ1) is 11.4. The summed E-state index contributed by atoms with van der Waals surface area (Å²) in [5, 5.41) is 4.47. The van der Waals surface area contributed by atoms with Crippen molar-refractivity contribution in [2.45, 2.75) is 13.0 Å². The van der Waals surface area contributed by atoms with E-state index >= 15 is 0 Å². The van der Waals surface area contributed by atoms with Gasteiger partial charge >= 0.3 is 0 Å². The highest BCUT2D eigenvalue weighted by atomic mass is 79.9. The Labute approximate surface area is 88.9 Å². The van der Waals surface area contributed by atoms with E-state index in [0.717, 1.165) is 44.7 Å². The lowest BCUT2D eigenvalue weighted by Crippen LogP contribution is -2.42. The SMILES string of the molecule is CC(CBr)NCCN1CCOCC1. The summed E-state index contributed by atoms with van der Waals surface area (Å²) in [6.07, 6.45) is 0. The largest absolute Gasteiger partial charge is 0.379 e. The van der Waals surface area contributed by atoms with Gasteiger partial charge in [-0.15, -0.1) is 0 Å². The first-order chi connectivity index (χ1) is 6.33. The first-order valence-electron chi connectivity index (χ1n) is 4.92. The van der Waals surface area contributed by atoms with Gasteiger partial charge in [-0.3, -0.25) is 4.90 Å². The molecule has 1 rings (SSSR count). The van der Waals surface area contributed by atoms with E-state index in [9.17, 15) is 0 Å². The molecule has 1 atom stereocenters. The zero-order chi connectivity index (χ0) is 9.52. The second kappa shape index (κ2) is 6.76. The minimum Gasteiger partial charge on any atom is -0.379 e. The van der Waals surface area contributed by atoms with E-state index in [1.807, 2.05) is 0 Å². The van der Waals surface area contributed by atoms with Crippen LogP contribution in [0.1, 0.15) is 6.92 Å². The van der Waals surface area contributed by atoms with Crippen molar-refractivity contribution >= 4 is 15.9 Å². The van der Waals surface area contributed by atoms with Gasteiger partial charge in [0.15, 0.2) is 0 Å². The van der Waals surface area contributed by atoms with Gasteiger partial charge in [0.05, 0.1) is 13.2 Å². The number of ether oxygens (including phenoxy) is 1. The maximum Gasteiger partial charge on any atom is 0.0594 e. The fourth-order valence-corrected chi connectivity index (χ4v) is 1.58. The Morgan fingerprint density at radius 1 is 1.46 bits per heavy atom. The van der Waals surface area contributed by atoms with Crippen LogP contribution < -0.4 is 5.32 Å². The summed E-state index contributed by atoms with van der Waals surface area (Å²) >= 11 is 3.44. The van der Waals surface area contributed by atoms with Gasteiger partial charge in [-0.1, -0.05) is 15.9 Å². The van der Waals surface area contributed by atoms with Crippen LogP contribution in [0.15, 0.2) is 0 Å². The number of hydrogen-bond acceptors (Lipinski definition) is 3. The molecule has 1 aliphatic heterocycles. The molecule has 1 aliphatic rings. The van der Waals surface area contributed by atoms with Crippen LogP contribution in [0.5, 0.6) is 0 Å². The number of hydrogen-bond donors (Lipinski definition) is 1. The molecule has 0 bridgehead atoms. The van der Waals surface area contributed by atoms with E-state index in [4.69, 9.17) is 4.74 Å². The molecule has 0 spiro atoms. The molecular formula is C9H19BrN2O. The van der Waals surface area contributed by atoms with E-state index in [2.05, 4.69) is 33.1 Å². The van der Waals surface area contributed by atoms with Gasteiger partial charge in [0.1, 0.15) is 0 Å². The Bertz CT molecular complexity index is 129. The molecule has 0 radical (unpaired) electrons. The van der Waals surface area contributed by atoms with E-state index < -0.39 is 0 Å². The molecule has 1 heterocycles. The zero-order valence-electron chi connectivity index (χ0n) is 8.26. The standard InChI is InChI=1S/C9H19BrN2O/c1-9(8-10)11-2-3-12-4-6-13-7-5-12/h9,11H,2-8H2,1H3. The molecule has 3 nitrogen and oxygen atoms in total. The third-order valence-corrected chi connectivity index (χ3v) is 3.23. The highest BCUT2D eigenvalue weighted by molar-refractivity contribution is 9.09. The Balaban J connectivity index is 1.98. The van der Waals surface area contributed by atoms with Crippen molar-refractivity contribution in [1.82, 2.24) is 10.2 Å². The summed E-state index contributed by atoms with van der Waals surface area (Å²) in [7, 11) is 0. The second-order valence-electron chi connectivity index (χ2n) is 3.46. The number of nitrogens with zero attached hydrogens (tertiary/aromatic N) is 1. The molecular weight excluding hydrogens is 232 g/mol. The highest BCUT2D eigenvalue weighted by Gasteiger charge is 2.09. The second-order valence-corrected chi connectivity index (χ2v) is 4.11. The molecule has 78 valence electrons. The van der Waals surface area contributed by atoms with Gasteiger partial charge in [-0.05, 0) is 6.92 Å². The van der Waals surface area contributed by atoms with Crippen LogP contribution in [-0.2, 0) is 4.74 Å². The number of nitrogens with one attached hydrogen (secondary N) is 1. The fourth-order valence-electron chi connectivity index (χ4n) is 1.35. The Morgan fingerprint density at radius 2 is 2.15 bits per heavy atom. The third kappa shape index (κ3) is 4.96. The Hall–Kier alpha value is 0.360. The van der Waals surface area contributed by atoms with Gasteiger partial charge < -0.3 is 10.1 Å². The van der Waals surface area contributed by atoms with Crippen LogP contribution in [0.4, 0.5) is 0 Å². The van der Waals surface area contributed by atoms with Gasteiger partial charge in [0, 0.05) is 37.6 Å². The minimum absolute atomic E-state index is 0.570. The molecule has 0 aromatic carbocycles. The summed E-state index contributed by atoms with van der Waals surface area (Å²) in [5.41, 5.74) is 0. The molecule has 13 heavy (non-hydrogen) atoms. The molecule has 0 aromatic rings. The number of alkyl halides is 1. The summed E-state index contributed by atoms with van der Waals surface area (Å²) in [5.74, 6) is 0. The summed E-state index contributed by atoms with van der Waals surface area (Å²) < 4.78 is 5.28. The molecule has 0 aliphatic carbocycles. The van der Waals surface area contributed by atoms with Crippen molar-refractivity contribution in [3.05, 3.63) is 0 Å². The lowest BCUT2D eigenvalue weighted by Gasteiger charge is -2.27. The molecule has 1 saturated heterocycles. The van der Waals surface area contributed by atoms with Crippen molar-refractivity contribution in [2.24, 2.45) is 0 Å². The number of rotatable bonds is 5. The maximum absolute atomic E-state index is 5.28. The van der Waals surface area contributed by atoms with Crippen molar-refractivity contribution in [3.8, 4) is 0 Å². The minimum atomic E-state index is 0.570. The van der Waals surface area contributed by atoms with Crippen LogP contribution in [0.2, 0.25) is 0 Å². The smallest absolute Gasteiger partial charge is 0.0594 e. The molecule has 0 saturated carbocycles. The number of morpholine rings is 1. The van der Waals surface area contributed by atoms with Crippen LogP contribution in [0.25, 0.3) is 0 Å². The zero-order valence-corrected chi connectivity index (χ0v) is 9.85. The Kier molecular flexibility index (Phi) is 5.95.